The zero-order valence-corrected chi connectivity index (χ0v) is 22.0. The Morgan fingerprint density at radius 2 is 1.69 bits per heavy atom. The lowest BCUT2D eigenvalue weighted by atomic mass is 10.1. The standard InChI is InChI=1S/C29H31BrN4O2/c1-2-16-34(29(36)32-25-12-8-11-24(30)18-25)21-28(35)33(20-22-9-4-3-5-10-22)17-15-23-19-31-27-14-7-6-13-26(23)27/h3-14,18-19,31H,2,15-17,20-21H2,1H3,(H,32,36). The van der Waals surface area contributed by atoms with E-state index in [0.29, 0.717) is 25.3 Å². The van der Waals surface area contributed by atoms with Gasteiger partial charge in [-0.3, -0.25) is 4.79 Å². The lowest BCUT2D eigenvalue weighted by molar-refractivity contribution is -0.132. The number of carbonyl (C=O) groups excluding carboxylic acids is 2. The topological polar surface area (TPSA) is 68.4 Å². The highest BCUT2D eigenvalue weighted by Gasteiger charge is 2.22. The molecule has 0 saturated heterocycles. The maximum absolute atomic E-state index is 13.6. The van der Waals surface area contributed by atoms with Crippen LogP contribution in [0.2, 0.25) is 0 Å². The van der Waals surface area contributed by atoms with Crippen LogP contribution in [-0.2, 0) is 17.8 Å². The van der Waals surface area contributed by atoms with Crippen LogP contribution in [0.5, 0.6) is 0 Å². The van der Waals surface area contributed by atoms with Gasteiger partial charge < -0.3 is 20.1 Å². The van der Waals surface area contributed by atoms with Gasteiger partial charge in [0.2, 0.25) is 5.91 Å². The third-order valence-electron chi connectivity index (χ3n) is 6.08. The Hall–Kier alpha value is -3.58. The maximum Gasteiger partial charge on any atom is 0.322 e. The first-order chi connectivity index (χ1) is 17.5. The summed E-state index contributed by atoms with van der Waals surface area (Å²) in [5.41, 5.74) is 4.01. The number of fused-ring (bicyclic) bond motifs is 1. The fraction of sp³-hybridized carbons (Fsp3) is 0.241. The number of H-pyrrole nitrogens is 1. The van der Waals surface area contributed by atoms with Crippen LogP contribution in [0.4, 0.5) is 10.5 Å². The molecule has 0 aliphatic heterocycles. The maximum atomic E-state index is 13.6. The van der Waals surface area contributed by atoms with Gasteiger partial charge in [-0.25, -0.2) is 4.79 Å². The van der Waals surface area contributed by atoms with E-state index in [2.05, 4.69) is 38.4 Å². The predicted molar refractivity (Wildman–Crippen MR) is 149 cm³/mol. The zero-order valence-electron chi connectivity index (χ0n) is 20.4. The van der Waals surface area contributed by atoms with Crippen LogP contribution in [0.3, 0.4) is 0 Å². The molecule has 7 heteroatoms. The second-order valence-electron chi connectivity index (χ2n) is 8.77. The second-order valence-corrected chi connectivity index (χ2v) is 9.69. The number of anilines is 1. The van der Waals surface area contributed by atoms with Crippen molar-refractivity contribution in [2.45, 2.75) is 26.3 Å². The minimum absolute atomic E-state index is 0.0222. The molecular weight excluding hydrogens is 516 g/mol. The van der Waals surface area contributed by atoms with Crippen LogP contribution >= 0.6 is 15.9 Å². The molecule has 0 saturated carbocycles. The molecule has 4 rings (SSSR count). The van der Waals surface area contributed by atoms with Gasteiger partial charge in [-0.05, 0) is 48.2 Å². The van der Waals surface area contributed by atoms with E-state index >= 15 is 0 Å². The molecule has 0 aliphatic carbocycles. The monoisotopic (exact) mass is 546 g/mol. The van der Waals surface area contributed by atoms with Crippen molar-refractivity contribution >= 4 is 44.5 Å². The van der Waals surface area contributed by atoms with E-state index < -0.39 is 0 Å². The summed E-state index contributed by atoms with van der Waals surface area (Å²) in [4.78, 5) is 33.4. The van der Waals surface area contributed by atoms with Crippen molar-refractivity contribution in [3.8, 4) is 0 Å². The number of hydrogen-bond donors (Lipinski definition) is 2. The number of carbonyl (C=O) groups is 2. The highest BCUT2D eigenvalue weighted by molar-refractivity contribution is 9.10. The smallest absolute Gasteiger partial charge is 0.322 e. The Morgan fingerprint density at radius 3 is 2.47 bits per heavy atom. The van der Waals surface area contributed by atoms with Crippen LogP contribution in [0.15, 0.2) is 89.5 Å². The van der Waals surface area contributed by atoms with E-state index in [0.717, 1.165) is 28.4 Å². The number of aromatic nitrogens is 1. The number of halogens is 1. The van der Waals surface area contributed by atoms with Gasteiger partial charge in [0.1, 0.15) is 6.54 Å². The van der Waals surface area contributed by atoms with Gasteiger partial charge in [0.25, 0.3) is 0 Å². The number of amides is 3. The molecule has 0 fully saturated rings. The largest absolute Gasteiger partial charge is 0.361 e. The lowest BCUT2D eigenvalue weighted by Crippen LogP contribution is -2.45. The van der Waals surface area contributed by atoms with Crippen molar-refractivity contribution in [1.82, 2.24) is 14.8 Å². The number of rotatable bonds is 10. The summed E-state index contributed by atoms with van der Waals surface area (Å²) in [7, 11) is 0. The van der Waals surface area contributed by atoms with Gasteiger partial charge in [-0.2, -0.15) is 0 Å². The van der Waals surface area contributed by atoms with Gasteiger partial charge in [0.05, 0.1) is 0 Å². The molecule has 3 aromatic carbocycles. The van der Waals surface area contributed by atoms with Gasteiger partial charge in [0, 0.05) is 46.9 Å². The molecule has 0 bridgehead atoms. The average Bonchev–Trinajstić information content (AvgIpc) is 3.30. The highest BCUT2D eigenvalue weighted by atomic mass is 79.9. The molecule has 0 radical (unpaired) electrons. The van der Waals surface area contributed by atoms with Gasteiger partial charge in [-0.15, -0.1) is 0 Å². The molecule has 0 aliphatic rings. The first-order valence-corrected chi connectivity index (χ1v) is 13.0. The summed E-state index contributed by atoms with van der Waals surface area (Å²) in [5.74, 6) is -0.0727. The van der Waals surface area contributed by atoms with Crippen LogP contribution in [0.25, 0.3) is 10.9 Å². The lowest BCUT2D eigenvalue weighted by Gasteiger charge is -2.28. The van der Waals surface area contributed by atoms with Crippen molar-refractivity contribution in [2.75, 3.05) is 25.0 Å². The fourth-order valence-electron chi connectivity index (χ4n) is 4.24. The Labute approximate surface area is 220 Å². The number of aromatic amines is 1. The number of benzene rings is 3. The zero-order chi connectivity index (χ0) is 25.3. The van der Waals surface area contributed by atoms with E-state index in [1.54, 1.807) is 4.90 Å². The minimum atomic E-state index is -0.278. The van der Waals surface area contributed by atoms with Gasteiger partial charge in [-0.1, -0.05) is 77.5 Å². The molecule has 1 heterocycles. The third kappa shape index (κ3) is 6.76. The first kappa shape index (κ1) is 25.5. The highest BCUT2D eigenvalue weighted by Crippen LogP contribution is 2.19. The Morgan fingerprint density at radius 1 is 0.917 bits per heavy atom. The van der Waals surface area contributed by atoms with Gasteiger partial charge >= 0.3 is 6.03 Å². The number of urea groups is 1. The molecule has 0 unspecified atom stereocenters. The Bertz CT molecular complexity index is 1300. The molecule has 1 aromatic heterocycles. The molecule has 3 amide bonds. The molecule has 186 valence electrons. The molecule has 2 N–H and O–H groups in total. The Balaban J connectivity index is 1.48. The number of nitrogens with zero attached hydrogens (tertiary/aromatic N) is 2. The van der Waals surface area contributed by atoms with Crippen LogP contribution in [-0.4, -0.2) is 46.4 Å². The first-order valence-electron chi connectivity index (χ1n) is 12.2. The fourth-order valence-corrected chi connectivity index (χ4v) is 4.64. The van der Waals surface area contributed by atoms with Crippen molar-refractivity contribution in [3.05, 3.63) is 101 Å². The molecule has 36 heavy (non-hydrogen) atoms. The van der Waals surface area contributed by atoms with E-state index in [9.17, 15) is 9.59 Å². The van der Waals surface area contributed by atoms with Crippen LogP contribution in [0, 0.1) is 0 Å². The van der Waals surface area contributed by atoms with Gasteiger partial charge in [0.15, 0.2) is 0 Å². The SMILES string of the molecule is CCCN(CC(=O)N(CCc1c[nH]c2ccccc12)Cc1ccccc1)C(=O)Nc1cccc(Br)c1. The van der Waals surface area contributed by atoms with Crippen molar-refractivity contribution in [3.63, 3.8) is 0 Å². The number of hydrogen-bond acceptors (Lipinski definition) is 2. The molecule has 4 aromatic rings. The van der Waals surface area contributed by atoms with E-state index in [1.165, 1.54) is 10.9 Å². The second kappa shape index (κ2) is 12.4. The summed E-state index contributed by atoms with van der Waals surface area (Å²) >= 11 is 3.43. The quantitative estimate of drug-likeness (QED) is 0.240. The van der Waals surface area contributed by atoms with Crippen LogP contribution in [0.1, 0.15) is 24.5 Å². The van der Waals surface area contributed by atoms with Crippen molar-refractivity contribution < 1.29 is 9.59 Å². The summed E-state index contributed by atoms with van der Waals surface area (Å²) in [6.07, 6.45) is 3.50. The van der Waals surface area contributed by atoms with Crippen LogP contribution < -0.4 is 5.32 Å². The molecule has 6 nitrogen and oxygen atoms in total. The summed E-state index contributed by atoms with van der Waals surface area (Å²) in [6.45, 7) is 3.57. The van der Waals surface area contributed by atoms with E-state index in [1.807, 2.05) is 84.8 Å². The summed E-state index contributed by atoms with van der Waals surface area (Å²) in [5, 5.41) is 4.09. The predicted octanol–water partition coefficient (Wildman–Crippen LogP) is 6.45. The summed E-state index contributed by atoms with van der Waals surface area (Å²) in [6, 6.07) is 25.3. The van der Waals surface area contributed by atoms with E-state index in [4.69, 9.17) is 0 Å². The molecular formula is C29H31BrN4O2. The van der Waals surface area contributed by atoms with Crippen molar-refractivity contribution in [1.29, 1.82) is 0 Å². The summed E-state index contributed by atoms with van der Waals surface area (Å²) < 4.78 is 0.879. The minimum Gasteiger partial charge on any atom is -0.361 e. The van der Waals surface area contributed by atoms with Crippen molar-refractivity contribution in [2.24, 2.45) is 0 Å². The molecule has 0 spiro atoms. The third-order valence-corrected chi connectivity index (χ3v) is 6.57. The Kier molecular flexibility index (Phi) is 8.79. The normalized spacial score (nSPS) is 10.8. The number of nitrogens with one attached hydrogen (secondary N) is 2. The molecule has 0 atom stereocenters. The number of para-hydroxylation sites is 1. The average molecular weight is 547 g/mol. The van der Waals surface area contributed by atoms with E-state index in [-0.39, 0.29) is 18.5 Å².